The molecule has 2 aromatic carbocycles. The Morgan fingerprint density at radius 3 is 2.55 bits per heavy atom. The number of aryl methyl sites for hydroxylation is 1. The number of amides is 1. The molecule has 0 saturated carbocycles. The highest BCUT2D eigenvalue weighted by molar-refractivity contribution is 6.35. The topological polar surface area (TPSA) is 34.0 Å². The van der Waals surface area contributed by atoms with E-state index in [4.69, 9.17) is 23.2 Å². The minimum Gasteiger partial charge on any atom is -0.350 e. The molecule has 0 radical (unpaired) electrons. The highest BCUT2D eigenvalue weighted by Crippen LogP contribution is 2.24. The summed E-state index contributed by atoms with van der Waals surface area (Å²) in [5, 5.41) is 4.90. The highest BCUT2D eigenvalue weighted by Gasteiger charge is 2.11. The molecule has 3 rings (SSSR count). The Kier molecular flexibility index (Phi) is 4.10. The van der Waals surface area contributed by atoms with Gasteiger partial charge in [-0.15, -0.1) is 0 Å². The molecule has 0 saturated heterocycles. The summed E-state index contributed by atoms with van der Waals surface area (Å²) >= 11 is 11.9. The molecule has 112 valence electrons. The van der Waals surface area contributed by atoms with Gasteiger partial charge in [0.1, 0.15) is 0 Å². The zero-order chi connectivity index (χ0) is 15.7. The molecule has 0 atom stereocenters. The number of hydrogen-bond donors (Lipinski definition) is 1. The lowest BCUT2D eigenvalue weighted by Gasteiger charge is -2.06. The smallest absolute Gasteiger partial charge is 0.228 e. The van der Waals surface area contributed by atoms with Crippen LogP contribution in [0.4, 0.5) is 5.69 Å². The van der Waals surface area contributed by atoms with Gasteiger partial charge in [0.05, 0.1) is 6.42 Å². The molecule has 1 N–H and O–H groups in total. The Bertz CT molecular complexity index is 835. The van der Waals surface area contributed by atoms with Gasteiger partial charge >= 0.3 is 0 Å². The van der Waals surface area contributed by atoms with Gasteiger partial charge in [-0.2, -0.15) is 0 Å². The maximum atomic E-state index is 12.3. The Labute approximate surface area is 138 Å². The molecule has 0 aliphatic rings. The molecule has 0 bridgehead atoms. The summed E-state index contributed by atoms with van der Waals surface area (Å²) in [4.78, 5) is 12.3. The van der Waals surface area contributed by atoms with Crippen LogP contribution in [0.15, 0.2) is 48.7 Å². The van der Waals surface area contributed by atoms with E-state index in [9.17, 15) is 4.79 Å². The van der Waals surface area contributed by atoms with Crippen LogP contribution in [-0.4, -0.2) is 10.5 Å². The monoisotopic (exact) mass is 332 g/mol. The summed E-state index contributed by atoms with van der Waals surface area (Å²) < 4.78 is 2.02. The van der Waals surface area contributed by atoms with E-state index in [1.54, 1.807) is 18.2 Å². The number of halogens is 2. The van der Waals surface area contributed by atoms with E-state index in [1.165, 1.54) is 0 Å². The van der Waals surface area contributed by atoms with Crippen molar-refractivity contribution in [2.45, 2.75) is 6.42 Å². The van der Waals surface area contributed by atoms with Crippen molar-refractivity contribution in [2.24, 2.45) is 7.05 Å². The second-order valence-electron chi connectivity index (χ2n) is 5.17. The molecule has 0 spiro atoms. The fourth-order valence-electron chi connectivity index (χ4n) is 2.57. The van der Waals surface area contributed by atoms with Gasteiger partial charge in [0.2, 0.25) is 5.91 Å². The molecule has 5 heteroatoms. The molecule has 1 aromatic heterocycles. The molecule has 3 aromatic rings. The summed E-state index contributed by atoms with van der Waals surface area (Å²) in [7, 11) is 1.97. The first-order valence-corrected chi connectivity index (χ1v) is 7.57. The van der Waals surface area contributed by atoms with Crippen LogP contribution in [0.5, 0.6) is 0 Å². The first-order valence-electron chi connectivity index (χ1n) is 6.82. The van der Waals surface area contributed by atoms with Crippen molar-refractivity contribution in [3.05, 3.63) is 64.3 Å². The molecule has 0 aliphatic heterocycles. The van der Waals surface area contributed by atoms with Crippen molar-refractivity contribution in [3.8, 4) is 0 Å². The van der Waals surface area contributed by atoms with E-state index >= 15 is 0 Å². The second-order valence-corrected chi connectivity index (χ2v) is 6.04. The molecular weight excluding hydrogens is 319 g/mol. The zero-order valence-electron chi connectivity index (χ0n) is 11.9. The van der Waals surface area contributed by atoms with Gasteiger partial charge in [-0.05, 0) is 29.8 Å². The summed E-state index contributed by atoms with van der Waals surface area (Å²) in [6.45, 7) is 0. The van der Waals surface area contributed by atoms with Crippen molar-refractivity contribution in [3.63, 3.8) is 0 Å². The SMILES string of the molecule is Cn1cc(CC(=O)Nc2cc(Cl)cc(Cl)c2)c2ccccc21. The third kappa shape index (κ3) is 3.11. The summed E-state index contributed by atoms with van der Waals surface area (Å²) in [5.74, 6) is -0.102. The number of carbonyl (C=O) groups is 1. The van der Waals surface area contributed by atoms with Crippen molar-refractivity contribution >= 4 is 45.7 Å². The number of fused-ring (bicyclic) bond motifs is 1. The molecule has 0 unspecified atom stereocenters. The number of carbonyl (C=O) groups excluding carboxylic acids is 1. The van der Waals surface area contributed by atoms with Gasteiger partial charge in [0, 0.05) is 39.9 Å². The summed E-state index contributed by atoms with van der Waals surface area (Å²) in [6, 6.07) is 13.0. The van der Waals surface area contributed by atoms with Crippen LogP contribution in [0.3, 0.4) is 0 Å². The van der Waals surface area contributed by atoms with E-state index in [-0.39, 0.29) is 5.91 Å². The molecule has 1 heterocycles. The highest BCUT2D eigenvalue weighted by atomic mass is 35.5. The number of anilines is 1. The minimum atomic E-state index is -0.102. The number of hydrogen-bond acceptors (Lipinski definition) is 1. The van der Waals surface area contributed by atoms with Crippen LogP contribution in [-0.2, 0) is 18.3 Å². The van der Waals surface area contributed by atoms with E-state index in [1.807, 2.05) is 42.1 Å². The first-order chi connectivity index (χ1) is 10.5. The normalized spacial score (nSPS) is 10.9. The van der Waals surface area contributed by atoms with Gasteiger partial charge in [0.15, 0.2) is 0 Å². The van der Waals surface area contributed by atoms with Gasteiger partial charge in [-0.1, -0.05) is 41.4 Å². The number of para-hydroxylation sites is 1. The lowest BCUT2D eigenvalue weighted by molar-refractivity contribution is -0.115. The van der Waals surface area contributed by atoms with Gasteiger partial charge in [0.25, 0.3) is 0 Å². The van der Waals surface area contributed by atoms with E-state index in [2.05, 4.69) is 5.32 Å². The number of rotatable bonds is 3. The van der Waals surface area contributed by atoms with Crippen LogP contribution in [0.1, 0.15) is 5.56 Å². The van der Waals surface area contributed by atoms with Crippen LogP contribution in [0, 0.1) is 0 Å². The van der Waals surface area contributed by atoms with Crippen LogP contribution >= 0.6 is 23.2 Å². The molecule has 0 fully saturated rings. The molecular formula is C17H14Cl2N2O. The molecule has 1 amide bonds. The Hall–Kier alpha value is -1.97. The molecule has 0 aliphatic carbocycles. The quantitative estimate of drug-likeness (QED) is 0.743. The second kappa shape index (κ2) is 6.03. The first kappa shape index (κ1) is 14.9. The number of aromatic nitrogens is 1. The summed E-state index contributed by atoms with van der Waals surface area (Å²) in [6.07, 6.45) is 2.28. The fraction of sp³-hybridized carbons (Fsp3) is 0.118. The van der Waals surface area contributed by atoms with E-state index in [0.29, 0.717) is 22.2 Å². The predicted molar refractivity (Wildman–Crippen MR) is 91.7 cm³/mol. The van der Waals surface area contributed by atoms with Crippen molar-refractivity contribution in [2.75, 3.05) is 5.32 Å². The number of nitrogens with zero attached hydrogens (tertiary/aromatic N) is 1. The average molecular weight is 333 g/mol. The predicted octanol–water partition coefficient (Wildman–Crippen LogP) is 4.67. The maximum Gasteiger partial charge on any atom is 0.228 e. The minimum absolute atomic E-state index is 0.102. The van der Waals surface area contributed by atoms with Crippen LogP contribution in [0.25, 0.3) is 10.9 Å². The van der Waals surface area contributed by atoms with Crippen LogP contribution in [0.2, 0.25) is 10.0 Å². The van der Waals surface area contributed by atoms with E-state index in [0.717, 1.165) is 16.5 Å². The summed E-state index contributed by atoms with van der Waals surface area (Å²) in [5.41, 5.74) is 2.70. The third-order valence-corrected chi connectivity index (χ3v) is 3.91. The third-order valence-electron chi connectivity index (χ3n) is 3.48. The van der Waals surface area contributed by atoms with Crippen molar-refractivity contribution in [1.82, 2.24) is 4.57 Å². The average Bonchev–Trinajstić information content (AvgIpc) is 2.75. The maximum absolute atomic E-state index is 12.3. The Morgan fingerprint density at radius 1 is 1.14 bits per heavy atom. The van der Waals surface area contributed by atoms with Gasteiger partial charge in [-0.3, -0.25) is 4.79 Å². The number of nitrogens with one attached hydrogen (secondary N) is 1. The Morgan fingerprint density at radius 2 is 1.82 bits per heavy atom. The Balaban J connectivity index is 1.81. The fourth-order valence-corrected chi connectivity index (χ4v) is 3.10. The van der Waals surface area contributed by atoms with Gasteiger partial charge < -0.3 is 9.88 Å². The van der Waals surface area contributed by atoms with Crippen molar-refractivity contribution in [1.29, 1.82) is 0 Å². The lowest BCUT2D eigenvalue weighted by atomic mass is 10.1. The number of benzene rings is 2. The van der Waals surface area contributed by atoms with Crippen molar-refractivity contribution < 1.29 is 4.79 Å². The lowest BCUT2D eigenvalue weighted by Crippen LogP contribution is -2.14. The molecule has 3 nitrogen and oxygen atoms in total. The zero-order valence-corrected chi connectivity index (χ0v) is 13.4. The molecule has 22 heavy (non-hydrogen) atoms. The largest absolute Gasteiger partial charge is 0.350 e. The standard InChI is InChI=1S/C17H14Cl2N2O/c1-21-10-11(15-4-2-3-5-16(15)21)6-17(22)20-14-8-12(18)7-13(19)9-14/h2-5,7-10H,6H2,1H3,(H,20,22). The van der Waals surface area contributed by atoms with E-state index < -0.39 is 0 Å². The van der Waals surface area contributed by atoms with Crippen LogP contribution < -0.4 is 5.32 Å². The van der Waals surface area contributed by atoms with Gasteiger partial charge in [-0.25, -0.2) is 0 Å².